The van der Waals surface area contributed by atoms with Crippen molar-refractivity contribution in [2.45, 2.75) is 17.7 Å². The molecule has 0 bridgehead atoms. The third kappa shape index (κ3) is 3.78. The average Bonchev–Trinajstić information content (AvgIpc) is 3.03. The predicted molar refractivity (Wildman–Crippen MR) is 87.4 cm³/mol. The molecule has 0 spiro atoms. The fourth-order valence-electron chi connectivity index (χ4n) is 2.09. The van der Waals surface area contributed by atoms with E-state index in [0.717, 1.165) is 16.3 Å². The van der Waals surface area contributed by atoms with Crippen LogP contribution in [0.3, 0.4) is 0 Å². The summed E-state index contributed by atoms with van der Waals surface area (Å²) in [5, 5.41) is 9.68. The molecule has 3 aromatic rings. The van der Waals surface area contributed by atoms with E-state index in [-0.39, 0.29) is 5.76 Å². The third-order valence-electron chi connectivity index (χ3n) is 3.12. The standard InChI is InChI=1S/C17H14N2O3S/c1-11-18-14(12-5-3-2-4-6-12)9-16(19-11)23-10-13-7-8-15(22-13)17(20)21/h2-9H,10H2,1H3,(H,20,21). The van der Waals surface area contributed by atoms with Crippen molar-refractivity contribution in [1.82, 2.24) is 9.97 Å². The monoisotopic (exact) mass is 326 g/mol. The largest absolute Gasteiger partial charge is 0.475 e. The molecule has 0 saturated carbocycles. The molecule has 23 heavy (non-hydrogen) atoms. The Balaban J connectivity index is 1.77. The van der Waals surface area contributed by atoms with E-state index in [2.05, 4.69) is 9.97 Å². The van der Waals surface area contributed by atoms with Gasteiger partial charge in [0.1, 0.15) is 16.6 Å². The summed E-state index contributed by atoms with van der Waals surface area (Å²) in [6.45, 7) is 1.85. The Hall–Kier alpha value is -2.60. The number of rotatable bonds is 5. The smallest absolute Gasteiger partial charge is 0.371 e. The molecule has 0 aliphatic rings. The maximum absolute atomic E-state index is 10.8. The minimum atomic E-state index is -1.06. The van der Waals surface area contributed by atoms with Gasteiger partial charge in [-0.05, 0) is 25.1 Å². The van der Waals surface area contributed by atoms with Crippen molar-refractivity contribution >= 4 is 17.7 Å². The lowest BCUT2D eigenvalue weighted by Crippen LogP contribution is -1.94. The molecule has 1 N–H and O–H groups in total. The molecule has 0 amide bonds. The molecule has 2 heterocycles. The summed E-state index contributed by atoms with van der Waals surface area (Å²) in [6.07, 6.45) is 0. The molecule has 116 valence electrons. The summed E-state index contributed by atoms with van der Waals surface area (Å²) in [5.74, 6) is 0.692. The Bertz CT molecular complexity index is 831. The van der Waals surface area contributed by atoms with Crippen molar-refractivity contribution in [3.8, 4) is 11.3 Å². The molecule has 5 nitrogen and oxygen atoms in total. The molecular weight excluding hydrogens is 312 g/mol. The molecule has 2 aromatic heterocycles. The van der Waals surface area contributed by atoms with Crippen LogP contribution in [-0.4, -0.2) is 21.0 Å². The van der Waals surface area contributed by atoms with Crippen molar-refractivity contribution in [3.63, 3.8) is 0 Å². The molecule has 3 rings (SSSR count). The van der Waals surface area contributed by atoms with Crippen molar-refractivity contribution in [1.29, 1.82) is 0 Å². The minimum Gasteiger partial charge on any atom is -0.475 e. The van der Waals surface area contributed by atoms with Crippen molar-refractivity contribution < 1.29 is 14.3 Å². The second kappa shape index (κ2) is 6.66. The first-order valence-corrected chi connectivity index (χ1v) is 7.96. The number of hydrogen-bond donors (Lipinski definition) is 1. The molecule has 0 unspecified atom stereocenters. The van der Waals surface area contributed by atoms with Crippen LogP contribution in [0.15, 0.2) is 58.0 Å². The van der Waals surface area contributed by atoms with E-state index in [9.17, 15) is 4.79 Å². The fraction of sp³-hybridized carbons (Fsp3) is 0.118. The van der Waals surface area contributed by atoms with E-state index in [0.29, 0.717) is 17.3 Å². The molecule has 1 aromatic carbocycles. The van der Waals surface area contributed by atoms with E-state index in [4.69, 9.17) is 9.52 Å². The number of carboxylic acid groups (broad SMARTS) is 1. The third-order valence-corrected chi connectivity index (χ3v) is 4.05. The lowest BCUT2D eigenvalue weighted by Gasteiger charge is -2.05. The number of carbonyl (C=O) groups is 1. The zero-order valence-electron chi connectivity index (χ0n) is 12.4. The highest BCUT2D eigenvalue weighted by Crippen LogP contribution is 2.26. The van der Waals surface area contributed by atoms with Gasteiger partial charge in [0.2, 0.25) is 5.76 Å². The van der Waals surface area contributed by atoms with E-state index in [1.165, 1.54) is 17.8 Å². The van der Waals surface area contributed by atoms with Gasteiger partial charge in [-0.25, -0.2) is 14.8 Å². The SMILES string of the molecule is Cc1nc(SCc2ccc(C(=O)O)o2)cc(-c2ccccc2)n1. The van der Waals surface area contributed by atoms with Crippen LogP contribution in [0.5, 0.6) is 0 Å². The van der Waals surface area contributed by atoms with Crippen LogP contribution in [0, 0.1) is 6.92 Å². The number of benzene rings is 1. The maximum Gasteiger partial charge on any atom is 0.371 e. The molecule has 0 atom stereocenters. The Morgan fingerprint density at radius 3 is 2.65 bits per heavy atom. The van der Waals surface area contributed by atoms with E-state index < -0.39 is 5.97 Å². The summed E-state index contributed by atoms with van der Waals surface area (Å²) in [4.78, 5) is 19.7. The van der Waals surface area contributed by atoms with Gasteiger partial charge in [0.05, 0.1) is 11.4 Å². The zero-order chi connectivity index (χ0) is 16.2. The van der Waals surface area contributed by atoms with Crippen LogP contribution in [0.25, 0.3) is 11.3 Å². The predicted octanol–water partition coefficient (Wildman–Crippen LogP) is 4.04. The van der Waals surface area contributed by atoms with Crippen LogP contribution in [0.2, 0.25) is 0 Å². The first-order chi connectivity index (χ1) is 11.1. The van der Waals surface area contributed by atoms with E-state index >= 15 is 0 Å². The summed E-state index contributed by atoms with van der Waals surface area (Å²) in [6, 6.07) is 15.0. The number of nitrogens with zero attached hydrogens (tertiary/aromatic N) is 2. The number of aromatic nitrogens is 2. The molecule has 6 heteroatoms. The Kier molecular flexibility index (Phi) is 4.43. The van der Waals surface area contributed by atoms with Crippen LogP contribution >= 0.6 is 11.8 Å². The van der Waals surface area contributed by atoms with Gasteiger partial charge in [-0.3, -0.25) is 0 Å². The average molecular weight is 326 g/mol. The first kappa shape index (κ1) is 15.3. The number of carboxylic acids is 1. The normalized spacial score (nSPS) is 10.7. The van der Waals surface area contributed by atoms with Crippen LogP contribution in [0.4, 0.5) is 0 Å². The summed E-state index contributed by atoms with van der Waals surface area (Å²) in [5.41, 5.74) is 1.90. The topological polar surface area (TPSA) is 76.2 Å². The van der Waals surface area contributed by atoms with Gasteiger partial charge < -0.3 is 9.52 Å². The Morgan fingerprint density at radius 1 is 1.17 bits per heavy atom. The molecule has 0 radical (unpaired) electrons. The first-order valence-electron chi connectivity index (χ1n) is 6.98. The lowest BCUT2D eigenvalue weighted by molar-refractivity contribution is 0.0661. The highest BCUT2D eigenvalue weighted by atomic mass is 32.2. The second-order valence-corrected chi connectivity index (χ2v) is 5.86. The summed E-state index contributed by atoms with van der Waals surface area (Å²) < 4.78 is 5.25. The number of hydrogen-bond acceptors (Lipinski definition) is 5. The van der Waals surface area contributed by atoms with Crippen LogP contribution < -0.4 is 0 Å². The summed E-state index contributed by atoms with van der Waals surface area (Å²) >= 11 is 1.48. The molecule has 0 fully saturated rings. The highest BCUT2D eigenvalue weighted by molar-refractivity contribution is 7.98. The van der Waals surface area contributed by atoms with Gasteiger partial charge >= 0.3 is 5.97 Å². The zero-order valence-corrected chi connectivity index (χ0v) is 13.2. The second-order valence-electron chi connectivity index (χ2n) is 4.86. The van der Waals surface area contributed by atoms with E-state index in [1.807, 2.05) is 43.3 Å². The van der Waals surface area contributed by atoms with Crippen molar-refractivity contribution in [3.05, 3.63) is 65.9 Å². The summed E-state index contributed by atoms with van der Waals surface area (Å²) in [7, 11) is 0. The Morgan fingerprint density at radius 2 is 1.96 bits per heavy atom. The quantitative estimate of drug-likeness (QED) is 0.563. The van der Waals surface area contributed by atoms with Gasteiger partial charge in [0.25, 0.3) is 0 Å². The van der Waals surface area contributed by atoms with Crippen molar-refractivity contribution in [2.75, 3.05) is 0 Å². The number of furan rings is 1. The van der Waals surface area contributed by atoms with Gasteiger partial charge in [-0.15, -0.1) is 0 Å². The van der Waals surface area contributed by atoms with Crippen LogP contribution in [-0.2, 0) is 5.75 Å². The van der Waals surface area contributed by atoms with Crippen LogP contribution in [0.1, 0.15) is 22.1 Å². The number of thioether (sulfide) groups is 1. The molecular formula is C17H14N2O3S. The minimum absolute atomic E-state index is 0.0514. The number of aromatic carboxylic acids is 1. The molecule has 0 aliphatic carbocycles. The van der Waals surface area contributed by atoms with Gasteiger partial charge in [-0.1, -0.05) is 42.1 Å². The van der Waals surface area contributed by atoms with E-state index in [1.54, 1.807) is 6.07 Å². The molecule has 0 aliphatic heterocycles. The Labute approximate surface area is 137 Å². The number of aryl methyl sites for hydroxylation is 1. The molecule has 0 saturated heterocycles. The fourth-order valence-corrected chi connectivity index (χ4v) is 2.92. The van der Waals surface area contributed by atoms with Crippen molar-refractivity contribution in [2.24, 2.45) is 0 Å². The van der Waals surface area contributed by atoms with Gasteiger partial charge in [0.15, 0.2) is 0 Å². The maximum atomic E-state index is 10.8. The lowest BCUT2D eigenvalue weighted by atomic mass is 10.1. The highest BCUT2D eigenvalue weighted by Gasteiger charge is 2.10. The van der Waals surface area contributed by atoms with Gasteiger partial charge in [0, 0.05) is 5.56 Å². The van der Waals surface area contributed by atoms with Gasteiger partial charge in [-0.2, -0.15) is 0 Å².